The summed E-state index contributed by atoms with van der Waals surface area (Å²) in [6.07, 6.45) is 2.06. The quantitative estimate of drug-likeness (QED) is 0.879. The molecule has 2 unspecified atom stereocenters. The summed E-state index contributed by atoms with van der Waals surface area (Å²) >= 11 is 0. The van der Waals surface area contributed by atoms with Gasteiger partial charge in [0, 0.05) is 6.04 Å². The maximum atomic E-state index is 11.6. The van der Waals surface area contributed by atoms with Crippen molar-refractivity contribution >= 4 is 6.09 Å². The smallest absolute Gasteiger partial charge is 0.409 e. The number of carbonyl (C=O) groups excluding carboxylic acids is 1. The normalized spacial score (nSPS) is 23.4. The van der Waals surface area contributed by atoms with Crippen molar-refractivity contribution in [2.45, 2.75) is 45.1 Å². The van der Waals surface area contributed by atoms with Gasteiger partial charge < -0.3 is 4.74 Å². The maximum absolute atomic E-state index is 11.6. The molecule has 1 aromatic rings. The number of hydroxylamine groups is 1. The van der Waals surface area contributed by atoms with E-state index in [0.717, 1.165) is 24.8 Å². The number of hydrogen-bond donors (Lipinski definition) is 2. The van der Waals surface area contributed by atoms with Gasteiger partial charge in [-0.2, -0.15) is 5.48 Å². The van der Waals surface area contributed by atoms with E-state index >= 15 is 0 Å². The third-order valence-electron chi connectivity index (χ3n) is 3.01. The first-order chi connectivity index (χ1) is 9.24. The van der Waals surface area contributed by atoms with Gasteiger partial charge in [0.15, 0.2) is 6.23 Å². The number of ether oxygens (including phenoxy) is 1. The average molecular weight is 264 g/mol. The van der Waals surface area contributed by atoms with Crippen molar-refractivity contribution in [3.8, 4) is 0 Å². The molecule has 0 aliphatic carbocycles. The molecule has 1 amide bonds. The van der Waals surface area contributed by atoms with Crippen molar-refractivity contribution in [2.24, 2.45) is 0 Å². The number of nitrogens with one attached hydrogen (secondary N) is 2. The summed E-state index contributed by atoms with van der Waals surface area (Å²) in [6.45, 7) is 2.32. The predicted molar refractivity (Wildman–Crippen MR) is 71.1 cm³/mol. The molecule has 5 heteroatoms. The second-order valence-electron chi connectivity index (χ2n) is 4.76. The van der Waals surface area contributed by atoms with Gasteiger partial charge in [0.05, 0.1) is 0 Å². The van der Waals surface area contributed by atoms with E-state index in [1.807, 2.05) is 30.3 Å². The Labute approximate surface area is 113 Å². The molecular formula is C14H20N2O3. The lowest BCUT2D eigenvalue weighted by Crippen LogP contribution is -2.40. The first-order valence-electron chi connectivity index (χ1n) is 6.62. The highest BCUT2D eigenvalue weighted by Crippen LogP contribution is 2.10. The van der Waals surface area contributed by atoms with Gasteiger partial charge in [0.25, 0.3) is 0 Å². The van der Waals surface area contributed by atoms with Crippen molar-refractivity contribution in [2.75, 3.05) is 0 Å². The van der Waals surface area contributed by atoms with Crippen LogP contribution < -0.4 is 10.8 Å². The highest BCUT2D eigenvalue weighted by atomic mass is 16.7. The van der Waals surface area contributed by atoms with E-state index in [9.17, 15) is 4.79 Å². The largest absolute Gasteiger partial charge is 0.445 e. The molecule has 1 fully saturated rings. The minimum absolute atomic E-state index is 0.267. The highest BCUT2D eigenvalue weighted by Gasteiger charge is 2.18. The standard InChI is InChI=1S/C14H20N2O3/c1-11-6-5-9-13(19-16-11)15-14(17)18-10-12-7-3-2-4-8-12/h2-4,7-8,11,13,16H,5-6,9-10H2,1H3,(H,15,17). The minimum atomic E-state index is -0.454. The van der Waals surface area contributed by atoms with Gasteiger partial charge in [-0.1, -0.05) is 30.3 Å². The Kier molecular flexibility index (Phi) is 5.18. The molecular weight excluding hydrogens is 244 g/mol. The Balaban J connectivity index is 1.72. The molecule has 0 spiro atoms. The van der Waals surface area contributed by atoms with E-state index < -0.39 is 6.09 Å². The molecule has 1 saturated heterocycles. The minimum Gasteiger partial charge on any atom is -0.445 e. The summed E-state index contributed by atoms with van der Waals surface area (Å²) in [5.41, 5.74) is 3.87. The predicted octanol–water partition coefficient (Wildman–Crippen LogP) is 2.33. The average Bonchev–Trinajstić information content (AvgIpc) is 2.63. The number of rotatable bonds is 3. The molecule has 0 radical (unpaired) electrons. The van der Waals surface area contributed by atoms with Gasteiger partial charge in [0.2, 0.25) is 0 Å². The fourth-order valence-electron chi connectivity index (χ4n) is 1.92. The fourth-order valence-corrected chi connectivity index (χ4v) is 1.92. The second kappa shape index (κ2) is 7.11. The molecule has 1 aliphatic rings. The van der Waals surface area contributed by atoms with Crippen LogP contribution in [0, 0.1) is 0 Å². The van der Waals surface area contributed by atoms with E-state index in [1.54, 1.807) is 0 Å². The van der Waals surface area contributed by atoms with Crippen LogP contribution in [0.5, 0.6) is 0 Å². The second-order valence-corrected chi connectivity index (χ2v) is 4.76. The van der Waals surface area contributed by atoms with Crippen LogP contribution in [-0.2, 0) is 16.2 Å². The number of alkyl carbamates (subject to hydrolysis) is 1. The van der Waals surface area contributed by atoms with Crippen molar-refractivity contribution in [1.82, 2.24) is 10.8 Å². The first-order valence-corrected chi connectivity index (χ1v) is 6.62. The zero-order valence-corrected chi connectivity index (χ0v) is 11.1. The molecule has 1 aliphatic heterocycles. The Morgan fingerprint density at radius 3 is 3.00 bits per heavy atom. The highest BCUT2D eigenvalue weighted by molar-refractivity contribution is 5.67. The van der Waals surface area contributed by atoms with Gasteiger partial charge >= 0.3 is 6.09 Å². The molecule has 0 saturated carbocycles. The van der Waals surface area contributed by atoms with E-state index in [4.69, 9.17) is 9.57 Å². The van der Waals surface area contributed by atoms with Crippen molar-refractivity contribution in [3.05, 3.63) is 35.9 Å². The van der Waals surface area contributed by atoms with Crippen LogP contribution in [0.2, 0.25) is 0 Å². The number of amides is 1. The summed E-state index contributed by atoms with van der Waals surface area (Å²) in [7, 11) is 0. The molecule has 2 rings (SSSR count). The zero-order chi connectivity index (χ0) is 13.5. The summed E-state index contributed by atoms with van der Waals surface area (Å²) in [5, 5.41) is 2.70. The Hall–Kier alpha value is -1.59. The molecule has 0 bridgehead atoms. The van der Waals surface area contributed by atoms with Crippen LogP contribution in [0.15, 0.2) is 30.3 Å². The van der Waals surface area contributed by atoms with Crippen molar-refractivity contribution in [1.29, 1.82) is 0 Å². The number of benzene rings is 1. The van der Waals surface area contributed by atoms with Crippen LogP contribution in [0.4, 0.5) is 4.79 Å². The van der Waals surface area contributed by atoms with Gasteiger partial charge in [-0.15, -0.1) is 0 Å². The van der Waals surface area contributed by atoms with Gasteiger partial charge in [-0.25, -0.2) is 4.79 Å². The van der Waals surface area contributed by atoms with Gasteiger partial charge in [0.1, 0.15) is 6.61 Å². The Bertz CT molecular complexity index is 397. The molecule has 2 N–H and O–H groups in total. The summed E-state index contributed by atoms with van der Waals surface area (Å²) < 4.78 is 5.14. The maximum Gasteiger partial charge on any atom is 0.409 e. The van der Waals surface area contributed by atoms with Crippen LogP contribution in [0.25, 0.3) is 0 Å². The lowest BCUT2D eigenvalue weighted by Gasteiger charge is -2.17. The van der Waals surface area contributed by atoms with Crippen molar-refractivity contribution in [3.63, 3.8) is 0 Å². The molecule has 0 aromatic heterocycles. The summed E-state index contributed by atoms with van der Waals surface area (Å²) in [5.74, 6) is 0. The monoisotopic (exact) mass is 264 g/mol. The molecule has 1 aromatic carbocycles. The lowest BCUT2D eigenvalue weighted by molar-refractivity contribution is -0.0468. The van der Waals surface area contributed by atoms with Gasteiger partial charge in [-0.3, -0.25) is 10.2 Å². The lowest BCUT2D eigenvalue weighted by atomic mass is 10.1. The number of carbonyl (C=O) groups is 1. The third kappa shape index (κ3) is 4.89. The van der Waals surface area contributed by atoms with Crippen molar-refractivity contribution < 1.29 is 14.4 Å². The van der Waals surface area contributed by atoms with E-state index in [-0.39, 0.29) is 12.8 Å². The molecule has 5 nitrogen and oxygen atoms in total. The zero-order valence-electron chi connectivity index (χ0n) is 11.1. The van der Waals surface area contributed by atoms with E-state index in [1.165, 1.54) is 0 Å². The Morgan fingerprint density at radius 1 is 1.42 bits per heavy atom. The third-order valence-corrected chi connectivity index (χ3v) is 3.01. The van der Waals surface area contributed by atoms with Crippen LogP contribution in [0.1, 0.15) is 31.7 Å². The molecule has 2 atom stereocenters. The molecule has 19 heavy (non-hydrogen) atoms. The van der Waals surface area contributed by atoms with E-state index in [2.05, 4.69) is 17.7 Å². The summed E-state index contributed by atoms with van der Waals surface area (Å²) in [6, 6.07) is 9.90. The molecule has 1 heterocycles. The SMILES string of the molecule is CC1CCCC(NC(=O)OCc2ccccc2)ON1. The topological polar surface area (TPSA) is 59.6 Å². The summed E-state index contributed by atoms with van der Waals surface area (Å²) in [4.78, 5) is 17.0. The fraction of sp³-hybridized carbons (Fsp3) is 0.500. The van der Waals surface area contributed by atoms with Crippen LogP contribution >= 0.6 is 0 Å². The van der Waals surface area contributed by atoms with E-state index in [0.29, 0.717) is 6.04 Å². The number of hydrogen-bond acceptors (Lipinski definition) is 4. The Morgan fingerprint density at radius 2 is 2.21 bits per heavy atom. The van der Waals surface area contributed by atoms with Crippen LogP contribution in [-0.4, -0.2) is 18.4 Å². The molecule has 104 valence electrons. The van der Waals surface area contributed by atoms with Crippen LogP contribution in [0.3, 0.4) is 0 Å². The van der Waals surface area contributed by atoms with Gasteiger partial charge in [-0.05, 0) is 31.7 Å². The first kappa shape index (κ1) is 13.8.